The van der Waals surface area contributed by atoms with Gasteiger partial charge in [-0.15, -0.1) is 0 Å². The molecule has 1 amide bonds. The Morgan fingerprint density at radius 1 is 1.35 bits per heavy atom. The predicted octanol–water partition coefficient (Wildman–Crippen LogP) is 2.24. The molecule has 1 aromatic rings. The Bertz CT molecular complexity index is 479. The number of nitrogens with zero attached hydrogens (tertiary/aromatic N) is 1. The lowest BCUT2D eigenvalue weighted by Gasteiger charge is -2.10. The van der Waals surface area contributed by atoms with Gasteiger partial charge in [0, 0.05) is 6.20 Å². The van der Waals surface area contributed by atoms with E-state index in [-0.39, 0.29) is 20.8 Å². The second-order valence-corrected chi connectivity index (χ2v) is 4.28. The summed E-state index contributed by atoms with van der Waals surface area (Å²) in [5, 5.41) is 10.8. The summed E-state index contributed by atoms with van der Waals surface area (Å²) in [6.45, 7) is 1.31. The number of aliphatic carboxylic acids is 1. The van der Waals surface area contributed by atoms with Crippen molar-refractivity contribution in [3.8, 4) is 0 Å². The van der Waals surface area contributed by atoms with Crippen LogP contribution in [0.5, 0.6) is 0 Å². The van der Waals surface area contributed by atoms with E-state index in [0.717, 1.165) is 6.20 Å². The first-order valence-corrected chi connectivity index (χ1v) is 5.51. The number of rotatable bonds is 3. The van der Waals surface area contributed by atoms with Gasteiger partial charge in [0.05, 0.1) is 15.1 Å². The molecule has 0 aromatic carbocycles. The molecule has 92 valence electrons. The molecule has 1 heterocycles. The zero-order valence-electron chi connectivity index (χ0n) is 8.50. The molecule has 5 nitrogen and oxygen atoms in total. The SMILES string of the molecule is CC(NC(=O)c1ncc(Cl)c(Cl)c1Cl)C(=O)O. The second-order valence-electron chi connectivity index (χ2n) is 3.12. The van der Waals surface area contributed by atoms with E-state index < -0.39 is 17.9 Å². The van der Waals surface area contributed by atoms with Gasteiger partial charge >= 0.3 is 5.97 Å². The van der Waals surface area contributed by atoms with Crippen LogP contribution in [-0.2, 0) is 4.79 Å². The van der Waals surface area contributed by atoms with Crippen molar-refractivity contribution in [1.29, 1.82) is 0 Å². The van der Waals surface area contributed by atoms with Crippen molar-refractivity contribution in [3.05, 3.63) is 27.0 Å². The van der Waals surface area contributed by atoms with Gasteiger partial charge in [-0.25, -0.2) is 4.98 Å². The number of nitrogens with one attached hydrogen (secondary N) is 1. The van der Waals surface area contributed by atoms with Crippen LogP contribution in [0.15, 0.2) is 6.20 Å². The van der Waals surface area contributed by atoms with Crippen molar-refractivity contribution in [2.75, 3.05) is 0 Å². The summed E-state index contributed by atoms with van der Waals surface area (Å²) in [7, 11) is 0. The van der Waals surface area contributed by atoms with E-state index in [1.807, 2.05) is 0 Å². The van der Waals surface area contributed by atoms with Gasteiger partial charge in [0.1, 0.15) is 11.7 Å². The summed E-state index contributed by atoms with van der Waals surface area (Å²) in [5.41, 5.74) is -0.172. The highest BCUT2D eigenvalue weighted by molar-refractivity contribution is 6.48. The number of pyridine rings is 1. The normalized spacial score (nSPS) is 12.0. The first-order chi connectivity index (χ1) is 7.84. The molecule has 0 aliphatic heterocycles. The Morgan fingerprint density at radius 3 is 2.47 bits per heavy atom. The summed E-state index contributed by atoms with van der Waals surface area (Å²) >= 11 is 17.1. The Kier molecular flexibility index (Phi) is 4.56. The van der Waals surface area contributed by atoms with E-state index in [4.69, 9.17) is 39.9 Å². The number of amides is 1. The van der Waals surface area contributed by atoms with Crippen molar-refractivity contribution in [3.63, 3.8) is 0 Å². The maximum Gasteiger partial charge on any atom is 0.325 e. The fraction of sp³-hybridized carbons (Fsp3) is 0.222. The lowest BCUT2D eigenvalue weighted by atomic mass is 10.3. The Morgan fingerprint density at radius 2 is 1.94 bits per heavy atom. The highest BCUT2D eigenvalue weighted by atomic mass is 35.5. The predicted molar refractivity (Wildman–Crippen MR) is 63.8 cm³/mol. The quantitative estimate of drug-likeness (QED) is 0.897. The molecule has 17 heavy (non-hydrogen) atoms. The highest BCUT2D eigenvalue weighted by Crippen LogP contribution is 2.30. The largest absolute Gasteiger partial charge is 0.480 e. The first-order valence-electron chi connectivity index (χ1n) is 4.37. The summed E-state index contributed by atoms with van der Waals surface area (Å²) in [6.07, 6.45) is 1.16. The van der Waals surface area contributed by atoms with E-state index in [1.54, 1.807) is 0 Å². The molecule has 0 spiro atoms. The van der Waals surface area contributed by atoms with Crippen LogP contribution < -0.4 is 5.32 Å². The van der Waals surface area contributed by atoms with Crippen molar-refractivity contribution < 1.29 is 14.7 Å². The van der Waals surface area contributed by atoms with E-state index in [9.17, 15) is 9.59 Å². The van der Waals surface area contributed by atoms with Crippen molar-refractivity contribution in [1.82, 2.24) is 10.3 Å². The van der Waals surface area contributed by atoms with E-state index >= 15 is 0 Å². The topological polar surface area (TPSA) is 79.3 Å². The maximum absolute atomic E-state index is 11.6. The van der Waals surface area contributed by atoms with Gasteiger partial charge in [-0.2, -0.15) is 0 Å². The average Bonchev–Trinajstić information content (AvgIpc) is 2.25. The van der Waals surface area contributed by atoms with Crippen LogP contribution in [0.2, 0.25) is 15.1 Å². The van der Waals surface area contributed by atoms with Gasteiger partial charge in [-0.1, -0.05) is 34.8 Å². The Hall–Kier alpha value is -1.04. The number of halogens is 3. The van der Waals surface area contributed by atoms with E-state index in [2.05, 4.69) is 10.3 Å². The van der Waals surface area contributed by atoms with Crippen LogP contribution in [-0.4, -0.2) is 28.0 Å². The molecule has 0 saturated heterocycles. The van der Waals surface area contributed by atoms with Gasteiger partial charge in [0.15, 0.2) is 0 Å². The monoisotopic (exact) mass is 296 g/mol. The molecule has 0 radical (unpaired) electrons. The Labute approximate surface area is 112 Å². The molecular formula is C9H7Cl3N2O3. The molecule has 0 saturated carbocycles. The zero-order chi connectivity index (χ0) is 13.2. The molecule has 1 rings (SSSR count). The molecule has 1 aromatic heterocycles. The molecular weight excluding hydrogens is 290 g/mol. The first kappa shape index (κ1) is 14.0. The summed E-state index contributed by atoms with van der Waals surface area (Å²) in [6, 6.07) is -1.06. The molecule has 1 atom stereocenters. The minimum atomic E-state index is -1.17. The van der Waals surface area contributed by atoms with Crippen molar-refractivity contribution in [2.24, 2.45) is 0 Å². The second kappa shape index (κ2) is 5.53. The van der Waals surface area contributed by atoms with Gasteiger partial charge in [0.25, 0.3) is 5.91 Å². The third kappa shape index (κ3) is 3.21. The number of carbonyl (C=O) groups is 2. The lowest BCUT2D eigenvalue weighted by molar-refractivity contribution is -0.138. The van der Waals surface area contributed by atoms with E-state index in [1.165, 1.54) is 6.92 Å². The minimum absolute atomic E-state index is 0.00328. The maximum atomic E-state index is 11.6. The van der Waals surface area contributed by atoms with Crippen LogP contribution in [0, 0.1) is 0 Å². The number of carboxylic acids is 1. The standard InChI is InChI=1S/C9H7Cl3N2O3/c1-3(9(16)17)14-8(15)7-6(12)5(11)4(10)2-13-7/h2-3H,1H3,(H,14,15)(H,16,17). The third-order valence-electron chi connectivity index (χ3n) is 1.85. The summed E-state index contributed by atoms with van der Waals surface area (Å²) in [4.78, 5) is 25.9. The van der Waals surface area contributed by atoms with Gasteiger partial charge in [-0.3, -0.25) is 9.59 Å². The summed E-state index contributed by atoms with van der Waals surface area (Å²) in [5.74, 6) is -1.90. The zero-order valence-corrected chi connectivity index (χ0v) is 10.8. The van der Waals surface area contributed by atoms with E-state index in [0.29, 0.717) is 0 Å². The third-order valence-corrected chi connectivity index (χ3v) is 3.09. The molecule has 0 fully saturated rings. The fourth-order valence-electron chi connectivity index (χ4n) is 0.928. The number of carbonyl (C=O) groups excluding carboxylic acids is 1. The van der Waals surface area contributed by atoms with Gasteiger partial charge in [0.2, 0.25) is 0 Å². The van der Waals surface area contributed by atoms with Crippen LogP contribution in [0.25, 0.3) is 0 Å². The molecule has 0 aliphatic rings. The summed E-state index contributed by atoms with van der Waals surface area (Å²) < 4.78 is 0. The number of aromatic nitrogens is 1. The molecule has 1 unspecified atom stereocenters. The van der Waals surface area contributed by atoms with Crippen LogP contribution >= 0.6 is 34.8 Å². The molecule has 0 aliphatic carbocycles. The molecule has 8 heteroatoms. The van der Waals surface area contributed by atoms with Crippen LogP contribution in [0.4, 0.5) is 0 Å². The van der Waals surface area contributed by atoms with Gasteiger partial charge in [-0.05, 0) is 6.92 Å². The molecule has 0 bridgehead atoms. The van der Waals surface area contributed by atoms with Crippen LogP contribution in [0.1, 0.15) is 17.4 Å². The Balaban J connectivity index is 2.98. The van der Waals surface area contributed by atoms with Crippen LogP contribution in [0.3, 0.4) is 0 Å². The smallest absolute Gasteiger partial charge is 0.325 e. The van der Waals surface area contributed by atoms with Gasteiger partial charge < -0.3 is 10.4 Å². The average molecular weight is 298 g/mol. The number of carboxylic acid groups (broad SMARTS) is 1. The molecule has 2 N–H and O–H groups in total. The van der Waals surface area contributed by atoms with Crippen molar-refractivity contribution >= 4 is 46.7 Å². The number of hydrogen-bond acceptors (Lipinski definition) is 3. The lowest BCUT2D eigenvalue weighted by Crippen LogP contribution is -2.38. The highest BCUT2D eigenvalue weighted by Gasteiger charge is 2.20. The number of hydrogen-bond donors (Lipinski definition) is 2. The minimum Gasteiger partial charge on any atom is -0.480 e. The van der Waals surface area contributed by atoms with Crippen molar-refractivity contribution in [2.45, 2.75) is 13.0 Å². The fourth-order valence-corrected chi connectivity index (χ4v) is 1.49.